The third-order valence-electron chi connectivity index (χ3n) is 4.16. The molecule has 0 bridgehead atoms. The molecule has 1 aliphatic rings. The van der Waals surface area contributed by atoms with Crippen LogP contribution in [0.1, 0.15) is 41.0 Å². The molecule has 6 heteroatoms. The zero-order valence-electron chi connectivity index (χ0n) is 12.7. The predicted octanol–water partition coefficient (Wildman–Crippen LogP) is 0.790. The van der Waals surface area contributed by atoms with Gasteiger partial charge in [0, 0.05) is 0 Å². The second-order valence-electron chi connectivity index (χ2n) is 6.16. The SMILES string of the molecule is CCC1O[C@@H](C(=O)O)[C@@H](OC(C)(C)C(C)C)[C@H](O)[C@@H]1O. The summed E-state index contributed by atoms with van der Waals surface area (Å²) < 4.78 is 11.2. The van der Waals surface area contributed by atoms with E-state index in [9.17, 15) is 20.1 Å². The van der Waals surface area contributed by atoms with Crippen LogP contribution in [0.2, 0.25) is 0 Å². The first-order chi connectivity index (χ1) is 9.11. The summed E-state index contributed by atoms with van der Waals surface area (Å²) in [6.07, 6.45) is -5.09. The van der Waals surface area contributed by atoms with E-state index in [1.807, 2.05) is 27.7 Å². The molecule has 1 fully saturated rings. The number of rotatable bonds is 5. The Balaban J connectivity index is 2.98. The normalized spacial score (nSPS) is 35.3. The van der Waals surface area contributed by atoms with Crippen LogP contribution in [0.3, 0.4) is 0 Å². The monoisotopic (exact) mass is 290 g/mol. The van der Waals surface area contributed by atoms with Crippen LogP contribution in [0.4, 0.5) is 0 Å². The van der Waals surface area contributed by atoms with E-state index in [2.05, 4.69) is 0 Å². The number of aliphatic hydroxyl groups is 2. The molecular weight excluding hydrogens is 264 g/mol. The summed E-state index contributed by atoms with van der Waals surface area (Å²) in [5, 5.41) is 29.4. The number of carboxylic acid groups (broad SMARTS) is 1. The fourth-order valence-corrected chi connectivity index (χ4v) is 2.09. The lowest BCUT2D eigenvalue weighted by Crippen LogP contribution is -2.62. The molecule has 1 heterocycles. The van der Waals surface area contributed by atoms with E-state index in [0.29, 0.717) is 6.42 Å². The van der Waals surface area contributed by atoms with Crippen molar-refractivity contribution in [3.8, 4) is 0 Å². The number of ether oxygens (including phenoxy) is 2. The first kappa shape index (κ1) is 17.4. The van der Waals surface area contributed by atoms with Crippen LogP contribution in [-0.2, 0) is 14.3 Å². The topological polar surface area (TPSA) is 96.2 Å². The van der Waals surface area contributed by atoms with E-state index in [0.717, 1.165) is 0 Å². The summed E-state index contributed by atoms with van der Waals surface area (Å²) in [6.45, 7) is 9.29. The van der Waals surface area contributed by atoms with Crippen LogP contribution in [-0.4, -0.2) is 57.4 Å². The molecule has 1 unspecified atom stereocenters. The average Bonchev–Trinajstić information content (AvgIpc) is 2.34. The smallest absolute Gasteiger partial charge is 0.335 e. The Bertz CT molecular complexity index is 341. The van der Waals surface area contributed by atoms with Gasteiger partial charge in [0.05, 0.1) is 11.7 Å². The molecule has 0 amide bonds. The number of carboxylic acids is 1. The van der Waals surface area contributed by atoms with E-state index in [1.54, 1.807) is 6.92 Å². The van der Waals surface area contributed by atoms with Crippen LogP contribution in [0.25, 0.3) is 0 Å². The zero-order valence-corrected chi connectivity index (χ0v) is 12.7. The fourth-order valence-electron chi connectivity index (χ4n) is 2.09. The molecule has 1 aliphatic heterocycles. The van der Waals surface area contributed by atoms with Gasteiger partial charge in [-0.05, 0) is 26.2 Å². The molecule has 0 aromatic heterocycles. The Morgan fingerprint density at radius 3 is 2.25 bits per heavy atom. The fraction of sp³-hybridized carbons (Fsp3) is 0.929. The highest BCUT2D eigenvalue weighted by atomic mass is 16.6. The number of carbonyl (C=O) groups is 1. The lowest BCUT2D eigenvalue weighted by molar-refractivity contribution is -0.262. The lowest BCUT2D eigenvalue weighted by atomic mass is 9.90. The standard InChI is InChI=1S/C14H26O6/c1-6-8-9(15)10(16)11(12(19-8)13(17)18)20-14(4,5)7(2)3/h7-12,15-16H,6H2,1-5H3,(H,17,18)/t8?,9-,10-,11+,12-/m1/s1. The quantitative estimate of drug-likeness (QED) is 0.693. The maximum Gasteiger partial charge on any atom is 0.335 e. The van der Waals surface area contributed by atoms with Crippen molar-refractivity contribution in [3.63, 3.8) is 0 Å². The largest absolute Gasteiger partial charge is 0.479 e. The van der Waals surface area contributed by atoms with Crippen LogP contribution < -0.4 is 0 Å². The van der Waals surface area contributed by atoms with Gasteiger partial charge in [-0.25, -0.2) is 4.79 Å². The van der Waals surface area contributed by atoms with Crippen LogP contribution in [0.5, 0.6) is 0 Å². The molecule has 6 nitrogen and oxygen atoms in total. The van der Waals surface area contributed by atoms with Gasteiger partial charge in [0.15, 0.2) is 6.10 Å². The highest BCUT2D eigenvalue weighted by Gasteiger charge is 2.49. The maximum atomic E-state index is 11.3. The minimum atomic E-state index is -1.28. The van der Waals surface area contributed by atoms with Gasteiger partial charge in [0.1, 0.15) is 18.3 Å². The molecule has 1 rings (SSSR count). The molecule has 5 atom stereocenters. The summed E-state index contributed by atoms with van der Waals surface area (Å²) in [4.78, 5) is 11.3. The Morgan fingerprint density at radius 2 is 1.85 bits per heavy atom. The highest BCUT2D eigenvalue weighted by Crippen LogP contribution is 2.31. The summed E-state index contributed by atoms with van der Waals surface area (Å²) in [7, 11) is 0. The minimum absolute atomic E-state index is 0.116. The third kappa shape index (κ3) is 3.49. The van der Waals surface area contributed by atoms with Gasteiger partial charge in [0.25, 0.3) is 0 Å². The van der Waals surface area contributed by atoms with Crippen molar-refractivity contribution in [1.29, 1.82) is 0 Å². The second-order valence-corrected chi connectivity index (χ2v) is 6.16. The molecule has 0 spiro atoms. The first-order valence-corrected chi connectivity index (χ1v) is 7.04. The van der Waals surface area contributed by atoms with E-state index in [-0.39, 0.29) is 5.92 Å². The highest BCUT2D eigenvalue weighted by molar-refractivity contribution is 5.73. The van der Waals surface area contributed by atoms with Crippen molar-refractivity contribution >= 4 is 5.97 Å². The van der Waals surface area contributed by atoms with Gasteiger partial charge < -0.3 is 24.8 Å². The molecule has 0 aromatic rings. The van der Waals surface area contributed by atoms with Crippen LogP contribution in [0, 0.1) is 5.92 Å². The van der Waals surface area contributed by atoms with Crippen LogP contribution >= 0.6 is 0 Å². The van der Waals surface area contributed by atoms with Crippen molar-refractivity contribution < 1.29 is 29.6 Å². The number of aliphatic carboxylic acids is 1. The second kappa shape index (κ2) is 6.39. The van der Waals surface area contributed by atoms with Gasteiger partial charge >= 0.3 is 5.97 Å². The zero-order chi connectivity index (χ0) is 15.7. The van der Waals surface area contributed by atoms with Crippen LogP contribution in [0.15, 0.2) is 0 Å². The number of hydrogen-bond donors (Lipinski definition) is 3. The Hall–Kier alpha value is -0.690. The Kier molecular flexibility index (Phi) is 5.54. The minimum Gasteiger partial charge on any atom is -0.479 e. The van der Waals surface area contributed by atoms with Gasteiger partial charge in [-0.2, -0.15) is 0 Å². The van der Waals surface area contributed by atoms with Crippen molar-refractivity contribution in [2.45, 2.75) is 77.2 Å². The van der Waals surface area contributed by atoms with Crippen molar-refractivity contribution in [2.75, 3.05) is 0 Å². The summed E-state index contributed by atoms with van der Waals surface area (Å²) in [5.74, 6) is -1.08. The summed E-state index contributed by atoms with van der Waals surface area (Å²) >= 11 is 0. The van der Waals surface area contributed by atoms with Gasteiger partial charge in [-0.15, -0.1) is 0 Å². The lowest BCUT2D eigenvalue weighted by Gasteiger charge is -2.44. The van der Waals surface area contributed by atoms with Gasteiger partial charge in [-0.1, -0.05) is 20.8 Å². The number of hydrogen-bond acceptors (Lipinski definition) is 5. The summed E-state index contributed by atoms with van der Waals surface area (Å²) in [6, 6.07) is 0. The molecule has 3 N–H and O–H groups in total. The van der Waals surface area contributed by atoms with Crippen molar-refractivity contribution in [2.24, 2.45) is 5.92 Å². The van der Waals surface area contributed by atoms with E-state index < -0.39 is 42.1 Å². The molecular formula is C14H26O6. The maximum absolute atomic E-state index is 11.3. The molecule has 0 aliphatic carbocycles. The predicted molar refractivity (Wildman–Crippen MR) is 72.4 cm³/mol. The molecule has 1 saturated heterocycles. The summed E-state index contributed by atoms with van der Waals surface area (Å²) in [5.41, 5.74) is -0.637. The Morgan fingerprint density at radius 1 is 1.30 bits per heavy atom. The molecule has 118 valence electrons. The first-order valence-electron chi connectivity index (χ1n) is 7.04. The number of aliphatic hydroxyl groups excluding tert-OH is 2. The third-order valence-corrected chi connectivity index (χ3v) is 4.16. The van der Waals surface area contributed by atoms with E-state index in [4.69, 9.17) is 9.47 Å². The van der Waals surface area contributed by atoms with Gasteiger partial charge in [-0.3, -0.25) is 0 Å². The molecule has 20 heavy (non-hydrogen) atoms. The van der Waals surface area contributed by atoms with Crippen molar-refractivity contribution in [1.82, 2.24) is 0 Å². The van der Waals surface area contributed by atoms with Crippen molar-refractivity contribution in [3.05, 3.63) is 0 Å². The molecule has 0 radical (unpaired) electrons. The Labute approximate surface area is 119 Å². The van der Waals surface area contributed by atoms with E-state index >= 15 is 0 Å². The average molecular weight is 290 g/mol. The molecule has 0 saturated carbocycles. The molecule has 0 aromatic carbocycles. The van der Waals surface area contributed by atoms with E-state index in [1.165, 1.54) is 0 Å². The van der Waals surface area contributed by atoms with Gasteiger partial charge in [0.2, 0.25) is 0 Å².